The highest BCUT2D eigenvalue weighted by molar-refractivity contribution is 9.09. The zero-order valence-corrected chi connectivity index (χ0v) is 25.0. The molecule has 0 aromatic carbocycles. The Bertz CT molecular complexity index is 322. The molecule has 0 heterocycles. The number of hydrogen-bond donors (Lipinski definition) is 0. The predicted octanol–water partition coefficient (Wildman–Crippen LogP) is 6.53. The lowest BCUT2D eigenvalue weighted by atomic mass is 10.5. The van der Waals surface area contributed by atoms with Gasteiger partial charge < -0.3 is 26.6 Å². The second-order valence-corrected chi connectivity index (χ2v) is 17.5. The molecule has 0 saturated heterocycles. The van der Waals surface area contributed by atoms with Crippen molar-refractivity contribution in [2.75, 3.05) is 50.4 Å². The van der Waals surface area contributed by atoms with Crippen LogP contribution in [0.4, 0.5) is 0 Å². The zero-order chi connectivity index (χ0) is 23.3. The van der Waals surface area contributed by atoms with Crippen LogP contribution in [0, 0.1) is 0 Å². The molecular formula is C20H46O6S3Si2. The van der Waals surface area contributed by atoms with Crippen LogP contribution in [0.2, 0.25) is 0 Å². The van der Waals surface area contributed by atoms with Gasteiger partial charge in [-0.1, -0.05) is 63.1 Å². The smallest absolute Gasteiger partial charge is 0.373 e. The van der Waals surface area contributed by atoms with E-state index < -0.39 is 17.6 Å². The van der Waals surface area contributed by atoms with Gasteiger partial charge in [-0.15, -0.1) is 0 Å². The first-order chi connectivity index (χ1) is 15.1. The van der Waals surface area contributed by atoms with Crippen molar-refractivity contribution in [3.05, 3.63) is 0 Å². The summed E-state index contributed by atoms with van der Waals surface area (Å²) in [5.41, 5.74) is 0. The molecule has 0 aromatic rings. The molecule has 0 atom stereocenters. The average Bonchev–Trinajstić information content (AvgIpc) is 2.80. The molecule has 0 aliphatic heterocycles. The van der Waals surface area contributed by atoms with Gasteiger partial charge in [-0.2, -0.15) is 0 Å². The van der Waals surface area contributed by atoms with Crippen molar-refractivity contribution in [2.45, 2.75) is 80.1 Å². The lowest BCUT2D eigenvalue weighted by Crippen LogP contribution is -2.50. The molecule has 0 bridgehead atoms. The third kappa shape index (κ3) is 15.7. The first kappa shape index (κ1) is 32.2. The summed E-state index contributed by atoms with van der Waals surface area (Å²) in [5, 5.41) is 1.47. The standard InChI is InChI=1S/C20H46O6S3Si2/c1-7-13-21-30(22-14-8-2,23-15-9-3)19-27-29-28-20-31(24-16-10-4,25-17-11-5)26-18-12-6/h7-20H2,1-6H3. The van der Waals surface area contributed by atoms with Gasteiger partial charge >= 0.3 is 17.6 Å². The van der Waals surface area contributed by atoms with Crippen molar-refractivity contribution in [3.63, 3.8) is 0 Å². The zero-order valence-electron chi connectivity index (χ0n) is 20.6. The van der Waals surface area contributed by atoms with Crippen LogP contribution in [0.5, 0.6) is 0 Å². The van der Waals surface area contributed by atoms with Gasteiger partial charge in [0.05, 0.1) is 10.8 Å². The molecule has 31 heavy (non-hydrogen) atoms. The first-order valence-corrected chi connectivity index (χ1v) is 19.5. The van der Waals surface area contributed by atoms with Crippen LogP contribution in [0.3, 0.4) is 0 Å². The minimum absolute atomic E-state index is 0.675. The first-order valence-electron chi connectivity index (χ1n) is 11.8. The highest BCUT2D eigenvalue weighted by atomic mass is 33.5. The Labute approximate surface area is 205 Å². The van der Waals surface area contributed by atoms with E-state index in [9.17, 15) is 0 Å². The van der Waals surface area contributed by atoms with Crippen molar-refractivity contribution in [1.29, 1.82) is 0 Å². The van der Waals surface area contributed by atoms with Gasteiger partial charge in [0.1, 0.15) is 0 Å². The lowest BCUT2D eigenvalue weighted by Gasteiger charge is -2.30. The second-order valence-electron chi connectivity index (χ2n) is 7.05. The summed E-state index contributed by atoms with van der Waals surface area (Å²) in [7, 11) is -0.120. The molecule has 0 spiro atoms. The van der Waals surface area contributed by atoms with Crippen molar-refractivity contribution in [3.8, 4) is 0 Å². The Kier molecular flexibility index (Phi) is 22.6. The van der Waals surface area contributed by atoms with E-state index in [1.54, 1.807) is 31.4 Å². The van der Waals surface area contributed by atoms with Crippen molar-refractivity contribution >= 4 is 49.0 Å². The van der Waals surface area contributed by atoms with Crippen LogP contribution in [-0.2, 0) is 26.6 Å². The minimum atomic E-state index is -2.67. The van der Waals surface area contributed by atoms with Crippen molar-refractivity contribution < 1.29 is 26.6 Å². The fourth-order valence-corrected chi connectivity index (χ4v) is 16.3. The molecule has 0 saturated carbocycles. The highest BCUT2D eigenvalue weighted by Gasteiger charge is 2.43. The predicted molar refractivity (Wildman–Crippen MR) is 141 cm³/mol. The summed E-state index contributed by atoms with van der Waals surface area (Å²) in [6.45, 7) is 16.7. The molecular weight excluding hydrogens is 489 g/mol. The minimum Gasteiger partial charge on any atom is -0.373 e. The molecule has 188 valence electrons. The highest BCUT2D eigenvalue weighted by Crippen LogP contribution is 2.39. The third-order valence-electron chi connectivity index (χ3n) is 3.72. The Morgan fingerprint density at radius 2 is 0.645 bits per heavy atom. The van der Waals surface area contributed by atoms with Crippen molar-refractivity contribution in [1.82, 2.24) is 0 Å². The summed E-state index contributed by atoms with van der Waals surface area (Å²) in [6, 6.07) is 0. The van der Waals surface area contributed by atoms with Crippen LogP contribution in [0.15, 0.2) is 0 Å². The quantitative estimate of drug-likeness (QED) is 0.0781. The lowest BCUT2D eigenvalue weighted by molar-refractivity contribution is 0.0643. The van der Waals surface area contributed by atoms with Gasteiger partial charge in [0, 0.05) is 39.6 Å². The molecule has 0 aliphatic rings. The molecule has 0 radical (unpaired) electrons. The van der Waals surface area contributed by atoms with E-state index in [0.717, 1.165) is 49.3 Å². The normalized spacial score (nSPS) is 12.6. The van der Waals surface area contributed by atoms with Gasteiger partial charge in [0.15, 0.2) is 0 Å². The van der Waals surface area contributed by atoms with Gasteiger partial charge in [0.25, 0.3) is 0 Å². The number of hydrogen-bond acceptors (Lipinski definition) is 9. The summed E-state index contributed by atoms with van der Waals surface area (Å²) < 4.78 is 37.1. The van der Waals surface area contributed by atoms with E-state index in [2.05, 4.69) is 41.5 Å². The van der Waals surface area contributed by atoms with E-state index in [4.69, 9.17) is 26.6 Å². The van der Waals surface area contributed by atoms with E-state index in [1.165, 1.54) is 0 Å². The second kappa shape index (κ2) is 21.8. The van der Waals surface area contributed by atoms with E-state index in [1.807, 2.05) is 0 Å². The van der Waals surface area contributed by atoms with Gasteiger partial charge in [-0.25, -0.2) is 0 Å². The van der Waals surface area contributed by atoms with E-state index >= 15 is 0 Å². The Morgan fingerprint density at radius 1 is 0.419 bits per heavy atom. The molecule has 0 aromatic heterocycles. The van der Waals surface area contributed by atoms with E-state index in [0.29, 0.717) is 39.6 Å². The fourth-order valence-electron chi connectivity index (χ4n) is 2.27. The molecule has 0 rings (SSSR count). The maximum Gasteiger partial charge on any atom is 0.512 e. The largest absolute Gasteiger partial charge is 0.512 e. The summed E-state index contributed by atoms with van der Waals surface area (Å²) in [5.74, 6) is 0. The monoisotopic (exact) mass is 534 g/mol. The molecule has 0 unspecified atom stereocenters. The molecule has 11 heteroatoms. The van der Waals surface area contributed by atoms with Gasteiger partial charge in [-0.3, -0.25) is 0 Å². The summed E-state index contributed by atoms with van der Waals surface area (Å²) in [4.78, 5) is 0. The maximum absolute atomic E-state index is 6.18. The van der Waals surface area contributed by atoms with Gasteiger partial charge in [-0.05, 0) is 48.4 Å². The molecule has 0 fully saturated rings. The van der Waals surface area contributed by atoms with Crippen LogP contribution in [0.1, 0.15) is 80.1 Å². The fraction of sp³-hybridized carbons (Fsp3) is 1.00. The molecule has 6 nitrogen and oxygen atoms in total. The summed E-state index contributed by atoms with van der Waals surface area (Å²) in [6.07, 6.45) is 5.74. The molecule has 0 amide bonds. The SMILES string of the molecule is CCCO[Si](CSSSC[Si](OCCC)(OCCC)OCCC)(OCCC)OCCC. The number of rotatable bonds is 24. The Morgan fingerprint density at radius 3 is 0.839 bits per heavy atom. The summed E-state index contributed by atoms with van der Waals surface area (Å²) >= 11 is 0. The average molecular weight is 535 g/mol. The van der Waals surface area contributed by atoms with Gasteiger partial charge in [0.2, 0.25) is 0 Å². The van der Waals surface area contributed by atoms with Crippen molar-refractivity contribution in [2.24, 2.45) is 0 Å². The molecule has 0 aliphatic carbocycles. The molecule has 0 N–H and O–H groups in total. The Hall–Kier alpha value is 1.24. The van der Waals surface area contributed by atoms with Crippen LogP contribution in [0.25, 0.3) is 0 Å². The Balaban J connectivity index is 4.86. The van der Waals surface area contributed by atoms with Crippen LogP contribution < -0.4 is 0 Å². The maximum atomic E-state index is 6.18. The third-order valence-corrected chi connectivity index (χ3v) is 16.0. The van der Waals surface area contributed by atoms with Crippen LogP contribution >= 0.6 is 31.4 Å². The van der Waals surface area contributed by atoms with E-state index in [-0.39, 0.29) is 0 Å². The van der Waals surface area contributed by atoms with Crippen LogP contribution in [-0.4, -0.2) is 68.0 Å². The topological polar surface area (TPSA) is 55.4 Å².